The van der Waals surface area contributed by atoms with E-state index >= 15 is 0 Å². The highest BCUT2D eigenvalue weighted by molar-refractivity contribution is 7.18. The molecule has 6 nitrogen and oxygen atoms in total. The van der Waals surface area contributed by atoms with Crippen LogP contribution in [0.4, 0.5) is 5.00 Å². The fourth-order valence-electron chi connectivity index (χ4n) is 3.65. The van der Waals surface area contributed by atoms with Crippen LogP contribution in [0.1, 0.15) is 43.2 Å². The number of hydrogen-bond donors (Lipinski definition) is 1. The maximum Gasteiger partial charge on any atom is 0.264 e. The van der Waals surface area contributed by atoms with Gasteiger partial charge in [0.15, 0.2) is 0 Å². The molecule has 0 radical (unpaired) electrons. The van der Waals surface area contributed by atoms with Crippen molar-refractivity contribution in [1.29, 1.82) is 0 Å². The quantitative estimate of drug-likeness (QED) is 0.533. The molecule has 168 valence electrons. The van der Waals surface area contributed by atoms with Crippen LogP contribution in [-0.2, 0) is 13.0 Å². The summed E-state index contributed by atoms with van der Waals surface area (Å²) in [5, 5.41) is 7.21. The Morgan fingerprint density at radius 3 is 2.62 bits per heavy atom. The van der Waals surface area contributed by atoms with Gasteiger partial charge in [-0.25, -0.2) is 4.98 Å². The van der Waals surface area contributed by atoms with Gasteiger partial charge in [-0.2, -0.15) is 0 Å². The fourth-order valence-corrected chi connectivity index (χ4v) is 5.64. The topological polar surface area (TPSA) is 65.5 Å². The van der Waals surface area contributed by atoms with Gasteiger partial charge in [0.1, 0.15) is 0 Å². The number of hydrogen-bond acceptors (Lipinski definition) is 6. The molecule has 32 heavy (non-hydrogen) atoms. The summed E-state index contributed by atoms with van der Waals surface area (Å²) in [5.41, 5.74) is 2.39. The Bertz CT molecular complexity index is 1120. The summed E-state index contributed by atoms with van der Waals surface area (Å²) in [6.45, 7) is 7.86. The third-order valence-electron chi connectivity index (χ3n) is 5.41. The van der Waals surface area contributed by atoms with Gasteiger partial charge in [-0.1, -0.05) is 30.7 Å². The van der Waals surface area contributed by atoms with Crippen LogP contribution in [0.3, 0.4) is 0 Å². The van der Waals surface area contributed by atoms with Crippen LogP contribution >= 0.6 is 34.3 Å². The van der Waals surface area contributed by atoms with E-state index in [0.717, 1.165) is 37.3 Å². The summed E-state index contributed by atoms with van der Waals surface area (Å²) in [4.78, 5) is 35.2. The van der Waals surface area contributed by atoms with E-state index < -0.39 is 0 Å². The first kappa shape index (κ1) is 22.9. The first-order valence-corrected chi connectivity index (χ1v) is 12.6. The summed E-state index contributed by atoms with van der Waals surface area (Å²) < 4.78 is 0. The molecule has 0 atom stereocenters. The van der Waals surface area contributed by atoms with Crippen LogP contribution in [-0.4, -0.2) is 52.8 Å². The van der Waals surface area contributed by atoms with Crippen LogP contribution < -0.4 is 5.32 Å². The van der Waals surface area contributed by atoms with Crippen molar-refractivity contribution in [3.05, 3.63) is 67.4 Å². The molecule has 2 amide bonds. The van der Waals surface area contributed by atoms with Gasteiger partial charge in [0, 0.05) is 38.1 Å². The minimum atomic E-state index is -0.280. The van der Waals surface area contributed by atoms with Crippen molar-refractivity contribution in [2.45, 2.75) is 26.8 Å². The zero-order valence-electron chi connectivity index (χ0n) is 18.1. The van der Waals surface area contributed by atoms with Crippen LogP contribution in [0.15, 0.2) is 35.7 Å². The number of thiophene rings is 1. The predicted octanol–water partition coefficient (Wildman–Crippen LogP) is 4.94. The van der Waals surface area contributed by atoms with Crippen LogP contribution in [0, 0.1) is 6.92 Å². The minimum absolute atomic E-state index is 0.0207. The molecule has 1 aliphatic heterocycles. The number of aromatic nitrogens is 1. The molecule has 3 aromatic rings. The average Bonchev–Trinajstić information content (AvgIpc) is 3.40. The molecule has 1 aliphatic rings. The van der Waals surface area contributed by atoms with Crippen molar-refractivity contribution < 1.29 is 9.59 Å². The Morgan fingerprint density at radius 1 is 1.19 bits per heavy atom. The van der Waals surface area contributed by atoms with Gasteiger partial charge in [0.25, 0.3) is 11.8 Å². The number of benzene rings is 1. The molecule has 1 aromatic carbocycles. The number of halogens is 1. The number of nitrogens with zero attached hydrogens (tertiary/aromatic N) is 3. The van der Waals surface area contributed by atoms with Crippen LogP contribution in [0.25, 0.3) is 0 Å². The number of carbonyl (C=O) groups is 2. The molecule has 0 spiro atoms. The van der Waals surface area contributed by atoms with Gasteiger partial charge in [-0.3, -0.25) is 14.5 Å². The van der Waals surface area contributed by atoms with E-state index in [-0.39, 0.29) is 11.8 Å². The lowest BCUT2D eigenvalue weighted by Gasteiger charge is -2.34. The van der Waals surface area contributed by atoms with E-state index in [1.165, 1.54) is 16.3 Å². The SMILES string of the molecule is CCc1nc(CN2CCN(C(=O)c3sc(NC(=O)c4ccccc4Cl)cc3C)CC2)cs1. The molecule has 1 N–H and O–H groups in total. The molecule has 0 bridgehead atoms. The number of piperazine rings is 1. The maximum absolute atomic E-state index is 13.1. The number of thiazole rings is 1. The van der Waals surface area contributed by atoms with Gasteiger partial charge in [-0.15, -0.1) is 22.7 Å². The standard InChI is InChI=1S/C23H25ClN4O2S2/c1-3-19-25-16(14-31-19)13-27-8-10-28(11-9-27)23(30)21-15(2)12-20(32-21)26-22(29)17-6-4-5-7-18(17)24/h4-7,12,14H,3,8-11,13H2,1-2H3,(H,26,29). The van der Waals surface area contributed by atoms with Gasteiger partial charge in [-0.05, 0) is 37.1 Å². The fraction of sp³-hybridized carbons (Fsp3) is 0.348. The number of aryl methyl sites for hydroxylation is 2. The van der Waals surface area contributed by atoms with Crippen molar-refractivity contribution in [3.63, 3.8) is 0 Å². The van der Waals surface area contributed by atoms with Crippen LogP contribution in [0.5, 0.6) is 0 Å². The molecule has 3 heterocycles. The Morgan fingerprint density at radius 2 is 1.94 bits per heavy atom. The van der Waals surface area contributed by atoms with E-state index in [2.05, 4.69) is 27.5 Å². The molecule has 9 heteroatoms. The Kier molecular flexibility index (Phi) is 7.25. The molecule has 0 saturated carbocycles. The monoisotopic (exact) mass is 488 g/mol. The van der Waals surface area contributed by atoms with Crippen molar-refractivity contribution in [3.8, 4) is 0 Å². The maximum atomic E-state index is 13.1. The molecular weight excluding hydrogens is 464 g/mol. The van der Waals surface area contributed by atoms with Crippen molar-refractivity contribution in [2.24, 2.45) is 0 Å². The molecule has 4 rings (SSSR count). The van der Waals surface area contributed by atoms with E-state index in [9.17, 15) is 9.59 Å². The summed E-state index contributed by atoms with van der Waals surface area (Å²) in [5.74, 6) is -0.259. The second-order valence-electron chi connectivity index (χ2n) is 7.71. The molecule has 1 fully saturated rings. The lowest BCUT2D eigenvalue weighted by molar-refractivity contribution is 0.0631. The Labute approximate surface area is 200 Å². The summed E-state index contributed by atoms with van der Waals surface area (Å²) in [6, 6.07) is 8.76. The molecular formula is C23H25ClN4O2S2. The number of rotatable bonds is 6. The second kappa shape index (κ2) is 10.1. The average molecular weight is 489 g/mol. The third-order valence-corrected chi connectivity index (χ3v) is 7.93. The second-order valence-corrected chi connectivity index (χ2v) is 10.1. The van der Waals surface area contributed by atoms with Gasteiger partial charge in [0.2, 0.25) is 0 Å². The van der Waals surface area contributed by atoms with Crippen molar-refractivity contribution in [1.82, 2.24) is 14.8 Å². The molecule has 0 aliphatic carbocycles. The highest BCUT2D eigenvalue weighted by atomic mass is 35.5. The van der Waals surface area contributed by atoms with E-state index in [1.807, 2.05) is 17.9 Å². The van der Waals surface area contributed by atoms with Gasteiger partial charge < -0.3 is 10.2 Å². The Hall–Kier alpha value is -2.26. The summed E-state index contributed by atoms with van der Waals surface area (Å²) in [6.07, 6.45) is 0.966. The van der Waals surface area contributed by atoms with Crippen molar-refractivity contribution >= 4 is 51.1 Å². The smallest absolute Gasteiger partial charge is 0.264 e. The number of nitrogens with one attached hydrogen (secondary N) is 1. The van der Waals surface area contributed by atoms with E-state index in [4.69, 9.17) is 11.6 Å². The minimum Gasteiger partial charge on any atom is -0.335 e. The predicted molar refractivity (Wildman–Crippen MR) is 131 cm³/mol. The van der Waals surface area contributed by atoms with E-state index in [1.54, 1.807) is 35.6 Å². The molecule has 1 saturated heterocycles. The molecule has 2 aromatic heterocycles. The zero-order chi connectivity index (χ0) is 22.7. The summed E-state index contributed by atoms with van der Waals surface area (Å²) >= 11 is 9.14. The largest absolute Gasteiger partial charge is 0.335 e. The van der Waals surface area contributed by atoms with Crippen molar-refractivity contribution in [2.75, 3.05) is 31.5 Å². The number of anilines is 1. The number of amides is 2. The number of carbonyl (C=O) groups excluding carboxylic acids is 2. The van der Waals surface area contributed by atoms with Gasteiger partial charge in [0.05, 0.1) is 31.2 Å². The first-order chi connectivity index (χ1) is 15.4. The summed E-state index contributed by atoms with van der Waals surface area (Å²) in [7, 11) is 0. The normalized spacial score (nSPS) is 14.5. The van der Waals surface area contributed by atoms with Crippen LogP contribution in [0.2, 0.25) is 5.02 Å². The lowest BCUT2D eigenvalue weighted by Crippen LogP contribution is -2.48. The third kappa shape index (κ3) is 5.20. The zero-order valence-corrected chi connectivity index (χ0v) is 20.4. The highest BCUT2D eigenvalue weighted by Gasteiger charge is 2.25. The lowest BCUT2D eigenvalue weighted by atomic mass is 10.2. The highest BCUT2D eigenvalue weighted by Crippen LogP contribution is 2.29. The Balaban J connectivity index is 1.35. The molecule has 0 unspecified atom stereocenters. The van der Waals surface area contributed by atoms with E-state index in [0.29, 0.717) is 33.6 Å². The first-order valence-electron chi connectivity index (χ1n) is 10.6. The van der Waals surface area contributed by atoms with Gasteiger partial charge >= 0.3 is 0 Å².